The molecule has 0 saturated carbocycles. The van der Waals surface area contributed by atoms with Crippen LogP contribution in [0.5, 0.6) is 0 Å². The van der Waals surface area contributed by atoms with E-state index in [4.69, 9.17) is 9.05 Å². The van der Waals surface area contributed by atoms with E-state index in [2.05, 4.69) is 46.2 Å². The average Bonchev–Trinajstić information content (AvgIpc) is 2.34. The van der Waals surface area contributed by atoms with E-state index in [9.17, 15) is 0 Å². The predicted molar refractivity (Wildman–Crippen MR) is 76.6 cm³/mol. The molecule has 0 unspecified atom stereocenters. The molecule has 1 aliphatic rings. The van der Waals surface area contributed by atoms with Crippen LogP contribution in [0.3, 0.4) is 0 Å². The Balaban J connectivity index is 3.05. The fraction of sp³-hybridized carbons (Fsp3) is 1.00. The summed E-state index contributed by atoms with van der Waals surface area (Å²) in [5.74, 6) is 0. The summed E-state index contributed by atoms with van der Waals surface area (Å²) < 4.78 is 15.3. The van der Waals surface area contributed by atoms with Crippen LogP contribution < -0.4 is 0 Å². The first-order valence-electron chi connectivity index (χ1n) is 6.94. The van der Waals surface area contributed by atoms with E-state index in [1.54, 1.807) is 0 Å². The summed E-state index contributed by atoms with van der Waals surface area (Å²) in [6.45, 7) is 16.9. The second-order valence-electron chi connectivity index (χ2n) is 5.74. The molecule has 4 heteroatoms. The zero-order valence-electron chi connectivity index (χ0n) is 12.5. The minimum absolute atomic E-state index is 0.152. The van der Waals surface area contributed by atoms with Crippen LogP contribution in [-0.2, 0) is 9.05 Å². The summed E-state index contributed by atoms with van der Waals surface area (Å²) >= 11 is 0. The van der Waals surface area contributed by atoms with Crippen molar-refractivity contribution >= 4 is 7.21 Å². The number of rotatable bonds is 5. The molecular weight excluding hydrogens is 233 g/mol. The Morgan fingerprint density at radius 2 is 1.35 bits per heavy atom. The van der Waals surface area contributed by atoms with Crippen molar-refractivity contribution in [3.8, 4) is 0 Å². The second kappa shape index (κ2) is 5.13. The van der Waals surface area contributed by atoms with Gasteiger partial charge in [0.05, 0.1) is 0 Å². The van der Waals surface area contributed by atoms with E-state index in [0.29, 0.717) is 0 Å². The Morgan fingerprint density at radius 1 is 0.941 bits per heavy atom. The molecule has 0 radical (unpaired) electrons. The molecule has 1 aliphatic heterocycles. The zero-order valence-corrected chi connectivity index (χ0v) is 13.3. The number of hydrogen-bond acceptors (Lipinski definition) is 3. The third kappa shape index (κ3) is 2.53. The summed E-state index contributed by atoms with van der Waals surface area (Å²) in [6, 6.07) is 0. The molecule has 0 amide bonds. The Hall–Kier alpha value is 0.310. The van der Waals surface area contributed by atoms with Gasteiger partial charge < -0.3 is 0 Å². The van der Waals surface area contributed by atoms with Crippen molar-refractivity contribution in [3.05, 3.63) is 0 Å². The standard InChI is InChI=1S/C13H30NO2P/c1-7-14(8-2)17(9-3,10-4)15-11-13(5,6)12-16-17/h7-12H2,1-6H3. The van der Waals surface area contributed by atoms with Gasteiger partial charge in [0.1, 0.15) is 0 Å². The van der Waals surface area contributed by atoms with Crippen LogP contribution >= 0.6 is 7.21 Å². The van der Waals surface area contributed by atoms with Crippen LogP contribution in [0.25, 0.3) is 0 Å². The summed E-state index contributed by atoms with van der Waals surface area (Å²) in [5.41, 5.74) is 0.152. The third-order valence-electron chi connectivity index (χ3n) is 4.10. The van der Waals surface area contributed by atoms with Gasteiger partial charge in [-0.15, -0.1) is 0 Å². The van der Waals surface area contributed by atoms with Crippen molar-refractivity contribution in [1.29, 1.82) is 0 Å². The molecule has 0 N–H and O–H groups in total. The molecule has 1 heterocycles. The normalized spacial score (nSPS) is 28.5. The first kappa shape index (κ1) is 15.4. The zero-order chi connectivity index (χ0) is 13.2. The number of nitrogens with zero attached hydrogens (tertiary/aromatic N) is 1. The molecule has 3 nitrogen and oxygen atoms in total. The fourth-order valence-electron chi connectivity index (χ4n) is 2.73. The quantitative estimate of drug-likeness (QED) is 0.705. The van der Waals surface area contributed by atoms with Gasteiger partial charge in [0, 0.05) is 0 Å². The second-order valence-corrected chi connectivity index (χ2v) is 10.6. The van der Waals surface area contributed by atoms with Gasteiger partial charge in [-0.3, -0.25) is 0 Å². The molecule has 0 aliphatic carbocycles. The summed E-state index contributed by atoms with van der Waals surface area (Å²) in [5, 5.41) is 0. The van der Waals surface area contributed by atoms with Gasteiger partial charge in [0.15, 0.2) is 0 Å². The first-order valence-corrected chi connectivity index (χ1v) is 9.34. The van der Waals surface area contributed by atoms with E-state index in [1.807, 2.05) is 0 Å². The van der Waals surface area contributed by atoms with Gasteiger partial charge in [-0.05, 0) is 0 Å². The van der Waals surface area contributed by atoms with Crippen LogP contribution in [0.15, 0.2) is 0 Å². The van der Waals surface area contributed by atoms with E-state index in [-0.39, 0.29) is 5.41 Å². The summed E-state index contributed by atoms with van der Waals surface area (Å²) in [6.07, 6.45) is 2.00. The Bertz CT molecular complexity index is 246. The molecule has 17 heavy (non-hydrogen) atoms. The van der Waals surface area contributed by atoms with Gasteiger partial charge in [-0.25, -0.2) is 0 Å². The molecule has 0 bridgehead atoms. The van der Waals surface area contributed by atoms with Crippen molar-refractivity contribution in [3.63, 3.8) is 0 Å². The molecule has 1 fully saturated rings. The Kier molecular flexibility index (Phi) is 4.63. The molecule has 1 saturated heterocycles. The molecule has 0 aromatic heterocycles. The third-order valence-corrected chi connectivity index (χ3v) is 9.85. The van der Waals surface area contributed by atoms with E-state index in [1.165, 1.54) is 0 Å². The fourth-order valence-corrected chi connectivity index (χ4v) is 7.65. The molecule has 0 aromatic rings. The van der Waals surface area contributed by atoms with Crippen LogP contribution in [0, 0.1) is 5.41 Å². The van der Waals surface area contributed by atoms with Gasteiger partial charge in [0.2, 0.25) is 0 Å². The van der Waals surface area contributed by atoms with Crippen LogP contribution in [-0.4, -0.2) is 43.3 Å². The Morgan fingerprint density at radius 3 is 1.65 bits per heavy atom. The van der Waals surface area contributed by atoms with E-state index >= 15 is 0 Å². The van der Waals surface area contributed by atoms with Crippen molar-refractivity contribution in [2.75, 3.05) is 38.6 Å². The average molecular weight is 263 g/mol. The monoisotopic (exact) mass is 263 g/mol. The molecule has 1 rings (SSSR count). The SMILES string of the molecule is CCN(CC)P1(CC)(CC)OCC(C)(C)CO1. The van der Waals surface area contributed by atoms with Crippen molar-refractivity contribution in [1.82, 2.24) is 4.67 Å². The number of hydrogen-bond donors (Lipinski definition) is 0. The van der Waals surface area contributed by atoms with Gasteiger partial charge in [-0.2, -0.15) is 0 Å². The first-order chi connectivity index (χ1) is 7.88. The molecule has 0 aromatic carbocycles. The molecular formula is C13H30NO2P. The van der Waals surface area contributed by atoms with Gasteiger partial charge in [0.25, 0.3) is 0 Å². The summed E-state index contributed by atoms with van der Waals surface area (Å²) in [7, 11) is -2.55. The van der Waals surface area contributed by atoms with Crippen molar-refractivity contribution in [2.24, 2.45) is 5.41 Å². The van der Waals surface area contributed by atoms with E-state index in [0.717, 1.165) is 38.6 Å². The van der Waals surface area contributed by atoms with Crippen LogP contribution in [0.1, 0.15) is 41.5 Å². The Labute approximate surface area is 107 Å². The van der Waals surface area contributed by atoms with Crippen LogP contribution in [0.4, 0.5) is 0 Å². The van der Waals surface area contributed by atoms with Crippen LogP contribution in [0.2, 0.25) is 0 Å². The maximum atomic E-state index is 6.44. The molecule has 0 spiro atoms. The van der Waals surface area contributed by atoms with Gasteiger partial charge >= 0.3 is 107 Å². The summed E-state index contributed by atoms with van der Waals surface area (Å²) in [4.78, 5) is 0. The molecule has 0 atom stereocenters. The van der Waals surface area contributed by atoms with Crippen molar-refractivity contribution in [2.45, 2.75) is 41.5 Å². The maximum absolute atomic E-state index is 6.44. The topological polar surface area (TPSA) is 21.7 Å². The van der Waals surface area contributed by atoms with Crippen molar-refractivity contribution < 1.29 is 9.05 Å². The molecule has 104 valence electrons. The predicted octanol–water partition coefficient (Wildman–Crippen LogP) is 3.74. The minimum atomic E-state index is -2.55. The van der Waals surface area contributed by atoms with E-state index < -0.39 is 7.21 Å². The van der Waals surface area contributed by atoms with Gasteiger partial charge in [-0.1, -0.05) is 0 Å².